The summed E-state index contributed by atoms with van der Waals surface area (Å²) >= 11 is 0. The maximum absolute atomic E-state index is 13.5. The quantitative estimate of drug-likeness (QED) is 0.461. The minimum Gasteiger partial charge on any atom is -0.326 e. The first-order chi connectivity index (χ1) is 16.4. The summed E-state index contributed by atoms with van der Waals surface area (Å²) < 4.78 is 26.2. The molecule has 1 aliphatic heterocycles. The molecule has 7 nitrogen and oxygen atoms in total. The Kier molecular flexibility index (Phi) is 5.65. The number of nitrogens with zero attached hydrogens (tertiary/aromatic N) is 2. The molecule has 34 heavy (non-hydrogen) atoms. The molecule has 1 atom stereocenters. The van der Waals surface area contributed by atoms with E-state index in [9.17, 15) is 13.2 Å². The summed E-state index contributed by atoms with van der Waals surface area (Å²) in [5.41, 5.74) is 11.1. The van der Waals surface area contributed by atoms with E-state index in [2.05, 4.69) is 10.3 Å². The van der Waals surface area contributed by atoms with Crippen molar-refractivity contribution in [3.63, 3.8) is 0 Å². The SMILES string of the molecule is CS(=O)(=O)c1ccccc1-c1ccc(C2NCc3ncn(-c4cccc(CN)c4)c3C2=O)cc1. The van der Waals surface area contributed by atoms with Gasteiger partial charge in [0, 0.05) is 30.6 Å². The highest BCUT2D eigenvalue weighted by atomic mass is 32.2. The van der Waals surface area contributed by atoms with Gasteiger partial charge in [0.2, 0.25) is 5.78 Å². The van der Waals surface area contributed by atoms with Gasteiger partial charge in [-0.1, -0.05) is 54.6 Å². The molecular weight excluding hydrogens is 448 g/mol. The van der Waals surface area contributed by atoms with E-state index in [1.54, 1.807) is 24.5 Å². The Morgan fingerprint density at radius 2 is 1.82 bits per heavy atom. The van der Waals surface area contributed by atoms with Crippen LogP contribution in [0.3, 0.4) is 0 Å². The average molecular weight is 473 g/mol. The number of carbonyl (C=O) groups excluding carboxylic acids is 1. The van der Waals surface area contributed by atoms with Crippen molar-refractivity contribution in [2.45, 2.75) is 24.0 Å². The van der Waals surface area contributed by atoms with Gasteiger partial charge in [-0.05, 0) is 34.9 Å². The standard InChI is InChI=1S/C26H24N4O3S/c1-34(32,33)23-8-3-2-7-21(23)18-9-11-19(12-10-18)24-26(31)25-22(15-28-24)29-16-30(25)20-6-4-5-17(13-20)14-27/h2-13,16,24,28H,14-15,27H2,1H3. The zero-order valence-corrected chi connectivity index (χ0v) is 19.4. The number of rotatable bonds is 5. The van der Waals surface area contributed by atoms with Crippen LogP contribution in [0, 0.1) is 0 Å². The number of sulfone groups is 1. The van der Waals surface area contributed by atoms with Crippen molar-refractivity contribution in [1.29, 1.82) is 0 Å². The number of hydrogen-bond acceptors (Lipinski definition) is 6. The van der Waals surface area contributed by atoms with Gasteiger partial charge in [-0.3, -0.25) is 14.7 Å². The van der Waals surface area contributed by atoms with E-state index in [0.717, 1.165) is 22.4 Å². The van der Waals surface area contributed by atoms with Crippen LogP contribution in [-0.4, -0.2) is 30.0 Å². The molecule has 4 aromatic rings. The largest absolute Gasteiger partial charge is 0.326 e. The maximum atomic E-state index is 13.5. The van der Waals surface area contributed by atoms with Gasteiger partial charge in [0.1, 0.15) is 12.0 Å². The molecule has 5 rings (SSSR count). The fourth-order valence-electron chi connectivity index (χ4n) is 4.39. The van der Waals surface area contributed by atoms with Crippen LogP contribution in [0.4, 0.5) is 0 Å². The van der Waals surface area contributed by atoms with E-state index in [1.165, 1.54) is 6.26 Å². The van der Waals surface area contributed by atoms with Gasteiger partial charge in [0.15, 0.2) is 9.84 Å². The topological polar surface area (TPSA) is 107 Å². The lowest BCUT2D eigenvalue weighted by Gasteiger charge is -2.24. The number of ketones is 1. The third-order valence-corrected chi connectivity index (χ3v) is 7.23. The Hall–Kier alpha value is -3.59. The van der Waals surface area contributed by atoms with E-state index < -0.39 is 15.9 Å². The van der Waals surface area contributed by atoms with Gasteiger partial charge in [-0.15, -0.1) is 0 Å². The van der Waals surface area contributed by atoms with Crippen molar-refractivity contribution in [1.82, 2.24) is 14.9 Å². The van der Waals surface area contributed by atoms with Crippen LogP contribution in [-0.2, 0) is 22.9 Å². The summed E-state index contributed by atoms with van der Waals surface area (Å²) in [5, 5.41) is 3.28. The van der Waals surface area contributed by atoms with E-state index in [0.29, 0.717) is 30.0 Å². The Bertz CT molecular complexity index is 1490. The van der Waals surface area contributed by atoms with Crippen LogP contribution in [0.25, 0.3) is 16.8 Å². The highest BCUT2D eigenvalue weighted by Gasteiger charge is 2.32. The molecule has 1 aliphatic rings. The lowest BCUT2D eigenvalue weighted by Crippen LogP contribution is -2.35. The minimum absolute atomic E-state index is 0.0683. The molecule has 8 heteroatoms. The Morgan fingerprint density at radius 1 is 1.06 bits per heavy atom. The van der Waals surface area contributed by atoms with E-state index in [-0.39, 0.29) is 10.7 Å². The third kappa shape index (κ3) is 3.96. The molecule has 0 bridgehead atoms. The van der Waals surface area contributed by atoms with Crippen LogP contribution < -0.4 is 11.1 Å². The zero-order valence-electron chi connectivity index (χ0n) is 18.6. The number of aromatic nitrogens is 2. The van der Waals surface area contributed by atoms with Gasteiger partial charge in [0.25, 0.3) is 0 Å². The molecular formula is C26H24N4O3S. The van der Waals surface area contributed by atoms with Crippen molar-refractivity contribution in [2.75, 3.05) is 6.26 Å². The second kappa shape index (κ2) is 8.64. The number of carbonyl (C=O) groups is 1. The molecule has 0 radical (unpaired) electrons. The first-order valence-corrected chi connectivity index (χ1v) is 12.8. The Balaban J connectivity index is 1.48. The van der Waals surface area contributed by atoms with Gasteiger partial charge in [-0.25, -0.2) is 13.4 Å². The number of Topliss-reactive ketones (excluding diaryl/α,β-unsaturated/α-hetero) is 1. The van der Waals surface area contributed by atoms with Crippen molar-refractivity contribution < 1.29 is 13.2 Å². The van der Waals surface area contributed by atoms with E-state index in [4.69, 9.17) is 5.73 Å². The second-order valence-electron chi connectivity index (χ2n) is 8.35. The van der Waals surface area contributed by atoms with E-state index >= 15 is 0 Å². The Morgan fingerprint density at radius 3 is 2.56 bits per heavy atom. The van der Waals surface area contributed by atoms with Gasteiger partial charge in [-0.2, -0.15) is 0 Å². The zero-order chi connectivity index (χ0) is 23.9. The molecule has 1 aromatic heterocycles. The summed E-state index contributed by atoms with van der Waals surface area (Å²) in [4.78, 5) is 18.3. The number of hydrogen-bond donors (Lipinski definition) is 2. The predicted molar refractivity (Wildman–Crippen MR) is 130 cm³/mol. The normalized spacial score (nSPS) is 15.8. The number of imidazole rings is 1. The summed E-state index contributed by atoms with van der Waals surface area (Å²) in [5.74, 6) is -0.0683. The third-order valence-electron chi connectivity index (χ3n) is 6.08. The number of nitrogens with two attached hydrogens (primary N) is 1. The summed E-state index contributed by atoms with van der Waals surface area (Å²) in [7, 11) is -3.37. The van der Waals surface area contributed by atoms with Crippen LogP contribution in [0.2, 0.25) is 0 Å². The molecule has 0 saturated carbocycles. The molecule has 0 amide bonds. The molecule has 0 aliphatic carbocycles. The molecule has 0 saturated heterocycles. The van der Waals surface area contributed by atoms with E-state index in [1.807, 2.05) is 59.2 Å². The summed E-state index contributed by atoms with van der Waals surface area (Å²) in [6.07, 6.45) is 2.88. The summed E-state index contributed by atoms with van der Waals surface area (Å²) in [6.45, 7) is 0.881. The number of fused-ring (bicyclic) bond motifs is 1. The molecule has 0 fully saturated rings. The lowest BCUT2D eigenvalue weighted by atomic mass is 9.94. The molecule has 1 unspecified atom stereocenters. The van der Waals surface area contributed by atoms with Crippen LogP contribution in [0.1, 0.15) is 33.4 Å². The van der Waals surface area contributed by atoms with Crippen molar-refractivity contribution in [2.24, 2.45) is 5.73 Å². The maximum Gasteiger partial charge on any atom is 0.202 e. The number of nitrogens with one attached hydrogen (secondary N) is 1. The summed E-state index contributed by atoms with van der Waals surface area (Å²) in [6, 6.07) is 21.6. The monoisotopic (exact) mass is 472 g/mol. The van der Waals surface area contributed by atoms with Crippen molar-refractivity contribution >= 4 is 15.6 Å². The molecule has 2 heterocycles. The molecule has 3 aromatic carbocycles. The second-order valence-corrected chi connectivity index (χ2v) is 10.3. The fourth-order valence-corrected chi connectivity index (χ4v) is 5.30. The molecule has 172 valence electrons. The lowest BCUT2D eigenvalue weighted by molar-refractivity contribution is 0.0922. The van der Waals surface area contributed by atoms with Crippen molar-refractivity contribution in [3.8, 4) is 16.8 Å². The fraction of sp³-hybridized carbons (Fsp3) is 0.154. The van der Waals surface area contributed by atoms with Gasteiger partial charge < -0.3 is 5.73 Å². The average Bonchev–Trinajstić information content (AvgIpc) is 3.29. The van der Waals surface area contributed by atoms with Gasteiger partial charge >= 0.3 is 0 Å². The molecule has 3 N–H and O–H groups in total. The predicted octanol–water partition coefficient (Wildman–Crippen LogP) is 3.43. The Labute approximate surface area is 198 Å². The first-order valence-electron chi connectivity index (χ1n) is 10.9. The van der Waals surface area contributed by atoms with Crippen LogP contribution in [0.15, 0.2) is 84.0 Å². The van der Waals surface area contributed by atoms with Crippen LogP contribution in [0.5, 0.6) is 0 Å². The van der Waals surface area contributed by atoms with Crippen LogP contribution >= 0.6 is 0 Å². The highest BCUT2D eigenvalue weighted by Crippen LogP contribution is 2.31. The minimum atomic E-state index is -3.37. The first kappa shape index (κ1) is 22.2. The van der Waals surface area contributed by atoms with Crippen molar-refractivity contribution in [3.05, 3.63) is 102 Å². The highest BCUT2D eigenvalue weighted by molar-refractivity contribution is 7.90. The smallest absolute Gasteiger partial charge is 0.202 e. The van der Waals surface area contributed by atoms with Gasteiger partial charge in [0.05, 0.1) is 16.6 Å². The number of benzene rings is 3. The molecule has 0 spiro atoms.